The zero-order chi connectivity index (χ0) is 20.1. The van der Waals surface area contributed by atoms with Crippen molar-refractivity contribution >= 4 is 49.3 Å². The Labute approximate surface area is 180 Å². The van der Waals surface area contributed by atoms with Gasteiger partial charge in [0.05, 0.1) is 17.9 Å². The third-order valence-corrected chi connectivity index (χ3v) is 6.84. The van der Waals surface area contributed by atoms with E-state index in [0.717, 1.165) is 50.7 Å². The van der Waals surface area contributed by atoms with Crippen LogP contribution < -0.4 is 15.4 Å². The molecular formula is C22H26N4OS2. The van der Waals surface area contributed by atoms with Crippen molar-refractivity contribution in [3.8, 4) is 5.75 Å². The number of anilines is 2. The second-order valence-electron chi connectivity index (χ2n) is 7.01. The number of hydrogen-bond acceptors (Lipinski definition) is 7. The van der Waals surface area contributed by atoms with Gasteiger partial charge in [-0.25, -0.2) is 4.98 Å². The summed E-state index contributed by atoms with van der Waals surface area (Å²) in [6.07, 6.45) is 3.31. The number of thiazole rings is 1. The largest absolute Gasteiger partial charge is 0.494 e. The number of ether oxygens (including phenoxy) is 1. The van der Waals surface area contributed by atoms with Crippen molar-refractivity contribution in [3.05, 3.63) is 48.0 Å². The highest BCUT2D eigenvalue weighted by Gasteiger charge is 2.17. The van der Waals surface area contributed by atoms with Crippen LogP contribution in [-0.4, -0.2) is 35.6 Å². The van der Waals surface area contributed by atoms with E-state index in [9.17, 15) is 0 Å². The number of fused-ring (bicyclic) bond motifs is 1. The van der Waals surface area contributed by atoms with Gasteiger partial charge in [-0.3, -0.25) is 4.99 Å². The molecule has 152 valence electrons. The highest BCUT2D eigenvalue weighted by molar-refractivity contribution is 8.14. The average Bonchev–Trinajstić information content (AvgIpc) is 3.35. The summed E-state index contributed by atoms with van der Waals surface area (Å²) < 4.78 is 6.53. The fourth-order valence-electron chi connectivity index (χ4n) is 3.32. The fourth-order valence-corrected chi connectivity index (χ4v) is 5.23. The molecule has 2 heterocycles. The highest BCUT2D eigenvalue weighted by atomic mass is 32.2. The Balaban J connectivity index is 1.29. The van der Waals surface area contributed by atoms with E-state index in [0.29, 0.717) is 6.04 Å². The van der Waals surface area contributed by atoms with E-state index >= 15 is 0 Å². The molecule has 0 spiro atoms. The molecule has 0 amide bonds. The minimum atomic E-state index is 0.473. The molecule has 29 heavy (non-hydrogen) atoms. The number of para-hydroxylation sites is 1. The lowest BCUT2D eigenvalue weighted by atomic mass is 10.1. The van der Waals surface area contributed by atoms with Gasteiger partial charge in [0, 0.05) is 18.0 Å². The predicted octanol–water partition coefficient (Wildman–Crippen LogP) is 5.64. The van der Waals surface area contributed by atoms with Crippen molar-refractivity contribution in [2.24, 2.45) is 4.99 Å². The molecule has 5 nitrogen and oxygen atoms in total. The number of aromatic nitrogens is 1. The second kappa shape index (κ2) is 9.50. The van der Waals surface area contributed by atoms with Crippen LogP contribution in [0.4, 0.5) is 10.8 Å². The molecule has 0 saturated carbocycles. The van der Waals surface area contributed by atoms with Gasteiger partial charge in [0.1, 0.15) is 11.3 Å². The summed E-state index contributed by atoms with van der Waals surface area (Å²) in [6, 6.07) is 15.1. The summed E-state index contributed by atoms with van der Waals surface area (Å²) in [5.74, 6) is 1.92. The molecule has 0 fully saturated rings. The quantitative estimate of drug-likeness (QED) is 0.488. The Bertz CT molecular complexity index is 984. The lowest BCUT2D eigenvalue weighted by Gasteiger charge is -2.07. The van der Waals surface area contributed by atoms with Crippen molar-refractivity contribution in [1.29, 1.82) is 0 Å². The number of hydrogen-bond donors (Lipinski definition) is 2. The van der Waals surface area contributed by atoms with Crippen LogP contribution in [0.2, 0.25) is 0 Å². The zero-order valence-electron chi connectivity index (χ0n) is 16.8. The lowest BCUT2D eigenvalue weighted by molar-refractivity contribution is 0.419. The number of thioether (sulfide) groups is 1. The fraction of sp³-hybridized carbons (Fsp3) is 0.364. The first kappa shape index (κ1) is 20.0. The van der Waals surface area contributed by atoms with Gasteiger partial charge in [0.25, 0.3) is 0 Å². The highest BCUT2D eigenvalue weighted by Crippen LogP contribution is 2.32. The molecule has 0 aliphatic carbocycles. The molecule has 1 unspecified atom stereocenters. The van der Waals surface area contributed by atoms with E-state index in [1.165, 1.54) is 18.4 Å². The summed E-state index contributed by atoms with van der Waals surface area (Å²) in [6.45, 7) is 3.06. The number of nitrogens with one attached hydrogen (secondary N) is 2. The molecule has 0 bridgehead atoms. The number of methoxy groups -OCH3 is 1. The van der Waals surface area contributed by atoms with Crippen LogP contribution in [0.3, 0.4) is 0 Å². The van der Waals surface area contributed by atoms with Gasteiger partial charge in [-0.05, 0) is 42.7 Å². The van der Waals surface area contributed by atoms with E-state index in [4.69, 9.17) is 9.73 Å². The third-order valence-electron chi connectivity index (χ3n) is 4.83. The van der Waals surface area contributed by atoms with Crippen molar-refractivity contribution in [2.75, 3.05) is 30.0 Å². The SMILES string of the molecule is CCCC1CSC(Nc2ccc(CCNc3nc4c(OC)cccc4s3)cc2)=N1. The molecule has 4 rings (SSSR count). The zero-order valence-corrected chi connectivity index (χ0v) is 18.4. The first-order valence-corrected chi connectivity index (χ1v) is 11.8. The number of amidine groups is 1. The average molecular weight is 427 g/mol. The monoisotopic (exact) mass is 426 g/mol. The molecule has 1 atom stereocenters. The first-order valence-electron chi connectivity index (χ1n) is 9.99. The maximum absolute atomic E-state index is 5.39. The number of rotatable bonds is 8. The van der Waals surface area contributed by atoms with E-state index < -0.39 is 0 Å². The van der Waals surface area contributed by atoms with Gasteiger partial charge in [-0.1, -0.05) is 54.6 Å². The van der Waals surface area contributed by atoms with Gasteiger partial charge < -0.3 is 15.4 Å². The standard InChI is InChI=1S/C22H26N4OS2/c1-3-5-17-14-28-22(25-17)24-16-10-8-15(9-11-16)12-13-23-21-26-20-18(27-2)6-4-7-19(20)29-21/h4,6-11,17H,3,5,12-14H2,1-2H3,(H,23,26)(H,24,25). The Hall–Kier alpha value is -2.25. The molecule has 2 N–H and O–H groups in total. The van der Waals surface area contributed by atoms with Crippen molar-refractivity contribution in [3.63, 3.8) is 0 Å². The van der Waals surface area contributed by atoms with Crippen LogP contribution in [0, 0.1) is 0 Å². The number of nitrogens with zero attached hydrogens (tertiary/aromatic N) is 2. The smallest absolute Gasteiger partial charge is 0.183 e. The Morgan fingerprint density at radius 1 is 1.17 bits per heavy atom. The lowest BCUT2D eigenvalue weighted by Crippen LogP contribution is -2.06. The van der Waals surface area contributed by atoms with Crippen molar-refractivity contribution < 1.29 is 4.74 Å². The van der Waals surface area contributed by atoms with Gasteiger partial charge in [-0.2, -0.15) is 0 Å². The summed E-state index contributed by atoms with van der Waals surface area (Å²) in [5, 5.41) is 8.86. The van der Waals surface area contributed by atoms with Crippen LogP contribution in [0.25, 0.3) is 10.2 Å². The molecule has 1 aliphatic rings. The normalized spacial score (nSPS) is 16.1. The summed E-state index contributed by atoms with van der Waals surface area (Å²) in [4.78, 5) is 9.41. The third kappa shape index (κ3) is 5.03. The molecule has 7 heteroatoms. The van der Waals surface area contributed by atoms with Crippen LogP contribution in [0.15, 0.2) is 47.5 Å². The minimum absolute atomic E-state index is 0.473. The summed E-state index contributed by atoms with van der Waals surface area (Å²) >= 11 is 3.48. The van der Waals surface area contributed by atoms with Crippen LogP contribution in [0.1, 0.15) is 25.3 Å². The molecule has 1 aliphatic heterocycles. The first-order chi connectivity index (χ1) is 14.2. The molecule has 3 aromatic rings. The van der Waals surface area contributed by atoms with E-state index in [-0.39, 0.29) is 0 Å². The van der Waals surface area contributed by atoms with Gasteiger partial charge in [0.2, 0.25) is 0 Å². The Morgan fingerprint density at radius 3 is 2.83 bits per heavy atom. The van der Waals surface area contributed by atoms with Crippen molar-refractivity contribution in [2.45, 2.75) is 32.2 Å². The summed E-state index contributed by atoms with van der Waals surface area (Å²) in [5.41, 5.74) is 3.32. The predicted molar refractivity (Wildman–Crippen MR) is 127 cm³/mol. The topological polar surface area (TPSA) is 58.5 Å². The maximum Gasteiger partial charge on any atom is 0.183 e. The maximum atomic E-state index is 5.39. The van der Waals surface area contributed by atoms with E-state index in [1.54, 1.807) is 18.4 Å². The molecular weight excluding hydrogens is 400 g/mol. The van der Waals surface area contributed by atoms with E-state index in [2.05, 4.69) is 52.9 Å². The Kier molecular flexibility index (Phi) is 6.56. The summed E-state index contributed by atoms with van der Waals surface area (Å²) in [7, 11) is 1.68. The van der Waals surface area contributed by atoms with Gasteiger partial charge >= 0.3 is 0 Å². The van der Waals surface area contributed by atoms with Crippen molar-refractivity contribution in [1.82, 2.24) is 4.98 Å². The molecule has 0 radical (unpaired) electrons. The van der Waals surface area contributed by atoms with Gasteiger partial charge in [-0.15, -0.1) is 0 Å². The van der Waals surface area contributed by atoms with Crippen LogP contribution >= 0.6 is 23.1 Å². The second-order valence-corrected chi connectivity index (χ2v) is 9.05. The Morgan fingerprint density at radius 2 is 2.03 bits per heavy atom. The minimum Gasteiger partial charge on any atom is -0.494 e. The van der Waals surface area contributed by atoms with Crippen LogP contribution in [-0.2, 0) is 6.42 Å². The number of aliphatic imine (C=N–C) groups is 1. The molecule has 0 saturated heterocycles. The molecule has 1 aromatic heterocycles. The van der Waals surface area contributed by atoms with E-state index in [1.807, 2.05) is 23.9 Å². The van der Waals surface area contributed by atoms with Gasteiger partial charge in [0.15, 0.2) is 10.3 Å². The van der Waals surface area contributed by atoms with Crippen LogP contribution in [0.5, 0.6) is 5.75 Å². The number of benzene rings is 2. The molecule has 2 aromatic carbocycles.